The molecule has 1 aromatic carbocycles. The largest absolute Gasteiger partial charge is 0.394 e. The van der Waals surface area contributed by atoms with Crippen molar-refractivity contribution in [3.63, 3.8) is 0 Å². The van der Waals surface area contributed by atoms with E-state index < -0.39 is 49.2 Å². The summed E-state index contributed by atoms with van der Waals surface area (Å²) in [6, 6.07) is 0. The highest BCUT2D eigenvalue weighted by Gasteiger charge is 2.32. The summed E-state index contributed by atoms with van der Waals surface area (Å²) in [7, 11) is 1.38. The first-order valence-corrected chi connectivity index (χ1v) is 13.4. The average molecular weight is 835 g/mol. The molecule has 7 N–H and O–H groups in total. The first-order valence-electron chi connectivity index (χ1n) is 10.2. The number of aliphatic hydroxyl groups is 5. The third kappa shape index (κ3) is 8.83. The molecular weight excluding hydrogens is 807 g/mol. The number of hydrogen-bond donors (Lipinski definition) is 7. The lowest BCUT2D eigenvalue weighted by Gasteiger charge is -2.28. The Balaban J connectivity index is 3.72. The molecule has 1 aromatic rings. The van der Waals surface area contributed by atoms with Gasteiger partial charge in [-0.05, 0) is 67.8 Å². The van der Waals surface area contributed by atoms with Crippen molar-refractivity contribution in [3.05, 3.63) is 21.8 Å². The number of nitrogens with zero attached hydrogens (tertiary/aromatic N) is 1. The Kier molecular flexibility index (Phi) is 14.7. The summed E-state index contributed by atoms with van der Waals surface area (Å²) in [5, 5.41) is 52.4. The SMILES string of the molecule is COC(CO)CNC(=O)c1c(I)c(C(=O)NCC(O)CO)c(I)c(N(CC(O)CO)C(C)=O)c1I. The normalized spacial score (nSPS) is 13.7. The molecular formula is C20H28I3N3O9. The number of anilines is 1. The topological polar surface area (TPSA) is 189 Å². The highest BCUT2D eigenvalue weighted by molar-refractivity contribution is 14.1. The van der Waals surface area contributed by atoms with Crippen LogP contribution in [0.3, 0.4) is 0 Å². The maximum absolute atomic E-state index is 13.2. The summed E-state index contributed by atoms with van der Waals surface area (Å²) in [6.07, 6.45) is -3.13. The second-order valence-electron chi connectivity index (χ2n) is 7.30. The molecule has 1 rings (SSSR count). The molecule has 0 saturated heterocycles. The Hall–Kier alpha value is -0.420. The molecule has 0 aliphatic heterocycles. The van der Waals surface area contributed by atoms with Gasteiger partial charge in [0.15, 0.2) is 0 Å². The Morgan fingerprint density at radius 1 is 0.857 bits per heavy atom. The second-order valence-corrected chi connectivity index (χ2v) is 10.5. The van der Waals surface area contributed by atoms with Crippen LogP contribution in [0.5, 0.6) is 0 Å². The molecule has 0 fully saturated rings. The molecule has 198 valence electrons. The molecule has 0 aliphatic rings. The van der Waals surface area contributed by atoms with E-state index in [9.17, 15) is 34.8 Å². The molecule has 0 aromatic heterocycles. The van der Waals surface area contributed by atoms with Gasteiger partial charge in [0.2, 0.25) is 5.91 Å². The number of nitrogens with one attached hydrogen (secondary N) is 2. The lowest BCUT2D eigenvalue weighted by atomic mass is 10.1. The zero-order valence-corrected chi connectivity index (χ0v) is 25.4. The van der Waals surface area contributed by atoms with E-state index >= 15 is 0 Å². The summed E-state index contributed by atoms with van der Waals surface area (Å²) in [5.74, 6) is -1.75. The van der Waals surface area contributed by atoms with Crippen molar-refractivity contribution in [1.29, 1.82) is 0 Å². The molecule has 0 heterocycles. The zero-order valence-electron chi connectivity index (χ0n) is 18.9. The Labute approximate surface area is 243 Å². The third-order valence-corrected chi connectivity index (χ3v) is 7.92. The van der Waals surface area contributed by atoms with Gasteiger partial charge in [-0.25, -0.2) is 0 Å². The molecule has 35 heavy (non-hydrogen) atoms. The minimum absolute atomic E-state index is 0.0246. The zero-order chi connectivity index (χ0) is 26.9. The smallest absolute Gasteiger partial charge is 0.253 e. The predicted octanol–water partition coefficient (Wildman–Crippen LogP) is -0.973. The van der Waals surface area contributed by atoms with Crippen LogP contribution in [0, 0.1) is 10.7 Å². The molecule has 0 saturated carbocycles. The summed E-state index contributed by atoms with van der Waals surface area (Å²) in [4.78, 5) is 39.9. The number of ether oxygens (including phenoxy) is 1. The third-order valence-electron chi connectivity index (χ3n) is 4.74. The van der Waals surface area contributed by atoms with Crippen molar-refractivity contribution < 1.29 is 44.7 Å². The van der Waals surface area contributed by atoms with Gasteiger partial charge < -0.3 is 45.8 Å². The van der Waals surface area contributed by atoms with Gasteiger partial charge in [0.05, 0.1) is 68.6 Å². The minimum Gasteiger partial charge on any atom is -0.394 e. The number of amides is 3. The van der Waals surface area contributed by atoms with Crippen molar-refractivity contribution in [1.82, 2.24) is 10.6 Å². The van der Waals surface area contributed by atoms with Gasteiger partial charge in [-0.15, -0.1) is 0 Å². The molecule has 0 aliphatic carbocycles. The lowest BCUT2D eigenvalue weighted by molar-refractivity contribution is -0.117. The van der Waals surface area contributed by atoms with Crippen LogP contribution in [0.15, 0.2) is 0 Å². The quantitative estimate of drug-likeness (QED) is 0.123. The van der Waals surface area contributed by atoms with Crippen molar-refractivity contribution in [2.75, 3.05) is 51.5 Å². The van der Waals surface area contributed by atoms with E-state index in [4.69, 9.17) is 9.84 Å². The number of carbonyl (C=O) groups is 3. The number of rotatable bonds is 13. The van der Waals surface area contributed by atoms with Crippen LogP contribution < -0.4 is 15.5 Å². The summed E-state index contributed by atoms with van der Waals surface area (Å²) >= 11 is 5.57. The van der Waals surface area contributed by atoms with E-state index in [1.54, 1.807) is 0 Å². The van der Waals surface area contributed by atoms with Gasteiger partial charge in [-0.2, -0.15) is 0 Å². The van der Waals surface area contributed by atoms with Crippen molar-refractivity contribution in [3.8, 4) is 0 Å². The predicted molar refractivity (Wildman–Crippen MR) is 151 cm³/mol. The Morgan fingerprint density at radius 3 is 1.74 bits per heavy atom. The van der Waals surface area contributed by atoms with Gasteiger partial charge in [0, 0.05) is 30.7 Å². The monoisotopic (exact) mass is 835 g/mol. The van der Waals surface area contributed by atoms with Crippen LogP contribution in [-0.4, -0.2) is 108 Å². The molecule has 12 nitrogen and oxygen atoms in total. The van der Waals surface area contributed by atoms with E-state index in [-0.39, 0.29) is 46.6 Å². The maximum Gasteiger partial charge on any atom is 0.253 e. The van der Waals surface area contributed by atoms with Gasteiger partial charge in [0.1, 0.15) is 0 Å². The van der Waals surface area contributed by atoms with Crippen LogP contribution in [0.2, 0.25) is 0 Å². The van der Waals surface area contributed by atoms with Crippen LogP contribution in [0.1, 0.15) is 27.6 Å². The van der Waals surface area contributed by atoms with E-state index in [1.165, 1.54) is 18.9 Å². The molecule has 3 unspecified atom stereocenters. The van der Waals surface area contributed by atoms with Crippen molar-refractivity contribution in [2.24, 2.45) is 0 Å². The number of benzene rings is 1. The van der Waals surface area contributed by atoms with Gasteiger partial charge in [0.25, 0.3) is 11.8 Å². The van der Waals surface area contributed by atoms with Crippen molar-refractivity contribution in [2.45, 2.75) is 25.2 Å². The Bertz CT molecular complexity index is 916. The number of carbonyl (C=O) groups excluding carboxylic acids is 3. The molecule has 3 atom stereocenters. The van der Waals surface area contributed by atoms with Crippen LogP contribution in [0.4, 0.5) is 5.69 Å². The van der Waals surface area contributed by atoms with E-state index in [1.807, 2.05) is 67.8 Å². The Morgan fingerprint density at radius 2 is 1.34 bits per heavy atom. The van der Waals surface area contributed by atoms with Crippen LogP contribution in [0.25, 0.3) is 0 Å². The van der Waals surface area contributed by atoms with Gasteiger partial charge in [-0.3, -0.25) is 14.4 Å². The first kappa shape index (κ1) is 32.6. The van der Waals surface area contributed by atoms with Crippen molar-refractivity contribution >= 4 is 91.2 Å². The maximum atomic E-state index is 13.2. The van der Waals surface area contributed by atoms with E-state index in [2.05, 4.69) is 10.6 Å². The highest BCUT2D eigenvalue weighted by atomic mass is 127. The summed E-state index contributed by atoms with van der Waals surface area (Å²) in [6.45, 7) is -0.834. The summed E-state index contributed by atoms with van der Waals surface area (Å²) < 4.78 is 5.94. The molecule has 3 amide bonds. The second kappa shape index (κ2) is 15.7. The standard InChI is InChI=1S/C20H28I3N3O9/c1-9(30)26(5-11(32)7-28)18-16(22)13(19(33)24-3-10(31)6-27)15(21)14(17(18)23)20(34)25-4-12(8-29)35-2/h10-12,27-29,31-32H,3-8H2,1-2H3,(H,24,33)(H,25,34). The number of hydrogen-bond acceptors (Lipinski definition) is 9. The number of methoxy groups -OCH3 is 1. The molecule has 0 bridgehead atoms. The van der Waals surface area contributed by atoms with Gasteiger partial charge >= 0.3 is 0 Å². The molecule has 0 radical (unpaired) electrons. The summed E-state index contributed by atoms with van der Waals surface area (Å²) in [5.41, 5.74) is 0.314. The number of aliphatic hydroxyl groups excluding tert-OH is 5. The minimum atomic E-state index is -1.27. The molecule has 15 heteroatoms. The average Bonchev–Trinajstić information content (AvgIpc) is 2.81. The van der Waals surface area contributed by atoms with Crippen LogP contribution in [-0.2, 0) is 9.53 Å². The first-order chi connectivity index (χ1) is 16.4. The van der Waals surface area contributed by atoms with E-state index in [0.717, 1.165) is 0 Å². The number of halogens is 3. The lowest BCUT2D eigenvalue weighted by Crippen LogP contribution is -2.41. The fourth-order valence-electron chi connectivity index (χ4n) is 2.81. The highest BCUT2D eigenvalue weighted by Crippen LogP contribution is 2.38. The fourth-order valence-corrected chi connectivity index (χ4v) is 7.54. The van der Waals surface area contributed by atoms with E-state index in [0.29, 0.717) is 7.14 Å². The fraction of sp³-hybridized carbons (Fsp3) is 0.550. The van der Waals surface area contributed by atoms with Crippen LogP contribution >= 0.6 is 67.8 Å². The molecule has 0 spiro atoms. The van der Waals surface area contributed by atoms with Gasteiger partial charge in [-0.1, -0.05) is 0 Å².